The van der Waals surface area contributed by atoms with Gasteiger partial charge in [0.25, 0.3) is 5.56 Å². The molecule has 14 heteroatoms. The van der Waals surface area contributed by atoms with E-state index in [2.05, 4.69) is 30.4 Å². The average molecular weight is 561 g/mol. The van der Waals surface area contributed by atoms with Crippen LogP contribution in [0, 0.1) is 0 Å². The first-order chi connectivity index (χ1) is 19.2. The van der Waals surface area contributed by atoms with Crippen molar-refractivity contribution in [1.82, 2.24) is 25.7 Å². The molecule has 2 heterocycles. The molecule has 0 aliphatic carbocycles. The lowest BCUT2D eigenvalue weighted by molar-refractivity contribution is -0.274. The van der Waals surface area contributed by atoms with Gasteiger partial charge in [-0.15, -0.1) is 13.2 Å². The minimum absolute atomic E-state index is 0.0679. The first kappa shape index (κ1) is 28.6. The summed E-state index contributed by atoms with van der Waals surface area (Å²) in [6.45, 7) is 1.96. The van der Waals surface area contributed by atoms with Crippen LogP contribution < -0.4 is 26.1 Å². The first-order valence-electron chi connectivity index (χ1n) is 12.3. The highest BCUT2D eigenvalue weighted by Gasteiger charge is 2.31. The number of rotatable bonds is 14. The number of amides is 1. The highest BCUT2D eigenvalue weighted by atomic mass is 19.4. The zero-order chi connectivity index (χ0) is 28.5. The number of benzene rings is 2. The van der Waals surface area contributed by atoms with Crippen LogP contribution in [-0.2, 0) is 11.3 Å². The highest BCUT2D eigenvalue weighted by molar-refractivity contribution is 5.93. The van der Waals surface area contributed by atoms with Gasteiger partial charge in [-0.25, -0.2) is 5.10 Å². The number of aromatic amines is 2. The van der Waals surface area contributed by atoms with Crippen LogP contribution in [0.3, 0.4) is 0 Å². The number of ether oxygens (including phenoxy) is 3. The smallest absolute Gasteiger partial charge is 0.490 e. The van der Waals surface area contributed by atoms with Crippen LogP contribution in [0.25, 0.3) is 22.0 Å². The summed E-state index contributed by atoms with van der Waals surface area (Å²) in [5.41, 5.74) is 7.43. The van der Waals surface area contributed by atoms with Crippen molar-refractivity contribution in [2.75, 3.05) is 26.4 Å². The molecule has 212 valence electrons. The largest absolute Gasteiger partial charge is 0.573 e. The third-order valence-electron chi connectivity index (χ3n) is 5.71. The molecule has 40 heavy (non-hydrogen) atoms. The molecule has 0 fully saturated rings. The Hall–Kier alpha value is -4.43. The van der Waals surface area contributed by atoms with Gasteiger partial charge in [0.05, 0.1) is 29.9 Å². The summed E-state index contributed by atoms with van der Waals surface area (Å²) in [6.07, 6.45) is -0.160. The molecule has 4 rings (SSSR count). The zero-order valence-electron chi connectivity index (χ0n) is 21.2. The fraction of sp³-hybridized carbons (Fsp3) is 0.308. The summed E-state index contributed by atoms with van der Waals surface area (Å²) >= 11 is 0. The summed E-state index contributed by atoms with van der Waals surface area (Å²) in [5, 5.41) is 17.1. The number of primary amides is 1. The molecule has 4 aromatic rings. The van der Waals surface area contributed by atoms with Gasteiger partial charge in [0.15, 0.2) is 0 Å². The first-order valence-corrected chi connectivity index (χ1v) is 12.3. The molecule has 5 N–H and O–H groups in total. The van der Waals surface area contributed by atoms with Crippen molar-refractivity contribution in [3.8, 4) is 22.6 Å². The molecule has 2 aromatic heterocycles. The molecule has 1 amide bonds. The van der Waals surface area contributed by atoms with Crippen LogP contribution in [0.4, 0.5) is 13.2 Å². The number of hydrogen-bond acceptors (Lipinski definition) is 8. The molecule has 0 spiro atoms. The molecule has 11 nitrogen and oxygen atoms in total. The van der Waals surface area contributed by atoms with Crippen molar-refractivity contribution in [1.29, 1.82) is 0 Å². The van der Waals surface area contributed by atoms with Crippen LogP contribution in [0.5, 0.6) is 11.5 Å². The van der Waals surface area contributed by atoms with E-state index >= 15 is 0 Å². The second kappa shape index (κ2) is 13.1. The van der Waals surface area contributed by atoms with Gasteiger partial charge in [-0.1, -0.05) is 0 Å². The van der Waals surface area contributed by atoms with Crippen molar-refractivity contribution in [3.63, 3.8) is 0 Å². The number of unbranched alkanes of at least 4 members (excludes halogenated alkanes) is 1. The number of aromatic nitrogens is 4. The standard InChI is InChI=1S/C26H27F3N6O5/c27-26(28,29)40-20-8-16(7-18(9-20)25(30)37)13-31-3-1-2-4-38-5-6-39-23-11-17(10-22-21(23)15-33-34-22)19-12-24(36)35-32-14-19/h7-12,14-15,31H,1-6,13H2,(H2,30,37)(H,33,34)(H,35,36). The second-order valence-corrected chi connectivity index (χ2v) is 8.76. The maximum atomic E-state index is 12.5. The van der Waals surface area contributed by atoms with Crippen molar-refractivity contribution in [2.45, 2.75) is 25.7 Å². The maximum absolute atomic E-state index is 12.5. The number of hydrogen-bond donors (Lipinski definition) is 4. The van der Waals surface area contributed by atoms with E-state index in [4.69, 9.17) is 15.2 Å². The van der Waals surface area contributed by atoms with Gasteiger partial charge >= 0.3 is 6.36 Å². The monoisotopic (exact) mass is 560 g/mol. The van der Waals surface area contributed by atoms with E-state index in [1.807, 2.05) is 12.1 Å². The Morgan fingerprint density at radius 3 is 2.55 bits per heavy atom. The number of carbonyl (C=O) groups excluding carboxylic acids is 1. The molecule has 0 bridgehead atoms. The zero-order valence-corrected chi connectivity index (χ0v) is 21.2. The minimum atomic E-state index is -4.87. The van der Waals surface area contributed by atoms with Crippen LogP contribution >= 0.6 is 0 Å². The van der Waals surface area contributed by atoms with Crippen LogP contribution in [0.1, 0.15) is 28.8 Å². The van der Waals surface area contributed by atoms with Gasteiger partial charge in [0, 0.05) is 30.3 Å². The predicted octanol–water partition coefficient (Wildman–Crippen LogP) is 3.28. The van der Waals surface area contributed by atoms with Crippen LogP contribution in [0.2, 0.25) is 0 Å². The fourth-order valence-electron chi connectivity index (χ4n) is 3.94. The molecular formula is C26H27F3N6O5. The van der Waals surface area contributed by atoms with Gasteiger partial charge in [-0.05, 0) is 60.8 Å². The van der Waals surface area contributed by atoms with Gasteiger partial charge in [0.1, 0.15) is 18.1 Å². The Labute approximate surface area is 225 Å². The van der Waals surface area contributed by atoms with Crippen molar-refractivity contribution in [2.24, 2.45) is 5.73 Å². The van der Waals surface area contributed by atoms with Crippen LogP contribution in [-0.4, -0.2) is 59.0 Å². The Kier molecular flexibility index (Phi) is 9.35. The molecule has 0 radical (unpaired) electrons. The van der Waals surface area contributed by atoms with E-state index in [0.717, 1.165) is 35.4 Å². The fourth-order valence-corrected chi connectivity index (χ4v) is 3.94. The number of alkyl halides is 3. The Morgan fingerprint density at radius 1 is 0.950 bits per heavy atom. The summed E-state index contributed by atoms with van der Waals surface area (Å²) in [7, 11) is 0. The Bertz CT molecular complexity index is 1500. The lowest BCUT2D eigenvalue weighted by atomic mass is 10.1. The molecular weight excluding hydrogens is 533 g/mol. The van der Waals surface area contributed by atoms with Crippen molar-refractivity contribution >= 4 is 16.8 Å². The summed E-state index contributed by atoms with van der Waals surface area (Å²) in [5.74, 6) is -0.746. The van der Waals surface area contributed by atoms with Gasteiger partial charge in [-0.2, -0.15) is 10.2 Å². The number of halogens is 3. The third-order valence-corrected chi connectivity index (χ3v) is 5.71. The van der Waals surface area contributed by atoms with E-state index < -0.39 is 18.0 Å². The van der Waals surface area contributed by atoms with E-state index in [9.17, 15) is 22.8 Å². The molecule has 2 aromatic carbocycles. The number of nitrogens with one attached hydrogen (secondary N) is 3. The summed E-state index contributed by atoms with van der Waals surface area (Å²) in [4.78, 5) is 23.1. The lowest BCUT2D eigenvalue weighted by Crippen LogP contribution is -2.20. The second-order valence-electron chi connectivity index (χ2n) is 8.76. The Morgan fingerprint density at radius 2 is 1.77 bits per heavy atom. The summed E-state index contributed by atoms with van der Waals surface area (Å²) in [6, 6.07) is 8.71. The topological polar surface area (TPSA) is 157 Å². The molecule has 0 aliphatic heterocycles. The lowest BCUT2D eigenvalue weighted by Gasteiger charge is -2.12. The third kappa shape index (κ3) is 8.28. The van der Waals surface area contributed by atoms with Crippen molar-refractivity contribution in [3.05, 3.63) is 70.3 Å². The number of fused-ring (bicyclic) bond motifs is 1. The van der Waals surface area contributed by atoms with Gasteiger partial charge < -0.3 is 25.3 Å². The van der Waals surface area contributed by atoms with Gasteiger partial charge in [-0.3, -0.25) is 14.7 Å². The molecule has 0 aliphatic rings. The SMILES string of the molecule is NC(=O)c1cc(CNCCCCOCCOc2cc(-c3cn[nH]c(=O)c3)cc3[nH]ncc23)cc(OC(F)(F)F)c1. The van der Waals surface area contributed by atoms with E-state index in [1.165, 1.54) is 18.2 Å². The van der Waals surface area contributed by atoms with Gasteiger partial charge in [0.2, 0.25) is 5.91 Å². The maximum Gasteiger partial charge on any atom is 0.573 e. The number of nitrogens with zero attached hydrogens (tertiary/aromatic N) is 2. The normalized spacial score (nSPS) is 11.6. The molecule has 0 saturated carbocycles. The van der Waals surface area contributed by atoms with Crippen LogP contribution in [0.15, 0.2) is 53.6 Å². The Balaban J connectivity index is 1.17. The van der Waals surface area contributed by atoms with E-state index in [1.54, 1.807) is 12.4 Å². The minimum Gasteiger partial charge on any atom is -0.490 e. The van der Waals surface area contributed by atoms with E-state index in [0.29, 0.717) is 43.2 Å². The quantitative estimate of drug-likeness (QED) is 0.171. The van der Waals surface area contributed by atoms with E-state index in [-0.39, 0.29) is 17.7 Å². The predicted molar refractivity (Wildman–Crippen MR) is 139 cm³/mol. The number of H-pyrrole nitrogens is 2. The average Bonchev–Trinajstić information content (AvgIpc) is 3.37. The summed E-state index contributed by atoms with van der Waals surface area (Å²) < 4.78 is 53.1. The van der Waals surface area contributed by atoms with Crippen molar-refractivity contribution < 1.29 is 32.2 Å². The number of carbonyl (C=O) groups is 1. The molecule has 0 unspecified atom stereocenters. The number of nitrogens with two attached hydrogens (primary N) is 1. The highest BCUT2D eigenvalue weighted by Crippen LogP contribution is 2.31. The molecule has 0 saturated heterocycles. The molecule has 0 atom stereocenters.